The molecule has 37 heavy (non-hydrogen) atoms. The molecule has 2 heterocycles. The van der Waals surface area contributed by atoms with Crippen LogP contribution >= 0.6 is 23.1 Å². The van der Waals surface area contributed by atoms with Gasteiger partial charge in [-0.15, -0.1) is 10.2 Å². The molecule has 10 heteroatoms. The molecule has 0 atom stereocenters. The van der Waals surface area contributed by atoms with Crippen molar-refractivity contribution in [3.05, 3.63) is 114 Å². The molecule has 0 aliphatic carbocycles. The van der Waals surface area contributed by atoms with Gasteiger partial charge in [0.2, 0.25) is 11.0 Å². The number of aromatic nitrogens is 4. The van der Waals surface area contributed by atoms with E-state index in [1.54, 1.807) is 47.3 Å². The summed E-state index contributed by atoms with van der Waals surface area (Å²) >= 11 is 2.56. The van der Waals surface area contributed by atoms with Crippen LogP contribution in [0.2, 0.25) is 0 Å². The molecule has 1 amide bonds. The fraction of sp³-hybridized carbons (Fsp3) is 0.0370. The monoisotopic (exact) mass is 531 g/mol. The molecule has 0 spiro atoms. The van der Waals surface area contributed by atoms with Crippen molar-refractivity contribution in [1.82, 2.24) is 20.0 Å². The Labute approximate surface area is 219 Å². The van der Waals surface area contributed by atoms with E-state index in [9.17, 15) is 13.6 Å². The van der Waals surface area contributed by atoms with Crippen molar-refractivity contribution in [1.29, 1.82) is 0 Å². The van der Waals surface area contributed by atoms with Crippen molar-refractivity contribution in [2.45, 2.75) is 10.1 Å². The third-order valence-corrected chi connectivity index (χ3v) is 7.26. The summed E-state index contributed by atoms with van der Waals surface area (Å²) in [6.07, 6.45) is 4.84. The molecule has 3 aromatic carbocycles. The normalized spacial score (nSPS) is 11.2. The second-order valence-corrected chi connectivity index (χ2v) is 10.00. The summed E-state index contributed by atoms with van der Waals surface area (Å²) in [4.78, 5) is 12.6. The molecule has 0 saturated heterocycles. The molecule has 0 aliphatic rings. The highest BCUT2D eigenvalue weighted by atomic mass is 32.2. The molecule has 1 N–H and O–H groups in total. The fourth-order valence-corrected chi connectivity index (χ4v) is 5.18. The van der Waals surface area contributed by atoms with E-state index in [0.29, 0.717) is 32.0 Å². The maximum absolute atomic E-state index is 13.8. The second-order valence-electron chi connectivity index (χ2n) is 7.80. The standard InChI is InChI=1S/C27H19F2N5OS2/c28-21-13-10-18(11-14-21)25-19(16-34(33-25)22-7-2-1-3-8-22)12-15-24(35)30-26-31-32-27(37-26)36-17-20-6-4-5-9-23(20)29/h1-16H,17H2,(H,30,31,35). The summed E-state index contributed by atoms with van der Waals surface area (Å²) in [5.41, 5.74) is 3.44. The summed E-state index contributed by atoms with van der Waals surface area (Å²) in [5.74, 6) is -0.591. The number of halogens is 2. The first-order valence-corrected chi connectivity index (χ1v) is 13.0. The highest BCUT2D eigenvalue weighted by Crippen LogP contribution is 2.29. The fourth-order valence-electron chi connectivity index (χ4n) is 3.44. The zero-order chi connectivity index (χ0) is 25.6. The largest absolute Gasteiger partial charge is 0.297 e. The highest BCUT2D eigenvalue weighted by Gasteiger charge is 2.12. The third-order valence-electron chi connectivity index (χ3n) is 5.24. The average Bonchev–Trinajstić information content (AvgIpc) is 3.55. The molecule has 6 nitrogen and oxygen atoms in total. The molecule has 184 valence electrons. The summed E-state index contributed by atoms with van der Waals surface area (Å²) in [5, 5.41) is 15.8. The lowest BCUT2D eigenvalue weighted by molar-refractivity contribution is -0.111. The van der Waals surface area contributed by atoms with Crippen LogP contribution in [0.1, 0.15) is 11.1 Å². The van der Waals surface area contributed by atoms with Crippen LogP contribution in [0.15, 0.2) is 95.5 Å². The lowest BCUT2D eigenvalue weighted by atomic mass is 10.1. The van der Waals surface area contributed by atoms with Gasteiger partial charge in [0, 0.05) is 29.2 Å². The maximum Gasteiger partial charge on any atom is 0.250 e. The van der Waals surface area contributed by atoms with Crippen LogP contribution in [0, 0.1) is 11.6 Å². The van der Waals surface area contributed by atoms with Gasteiger partial charge in [-0.05, 0) is 54.1 Å². The van der Waals surface area contributed by atoms with Gasteiger partial charge >= 0.3 is 0 Å². The molecule has 0 saturated carbocycles. The van der Waals surface area contributed by atoms with E-state index in [4.69, 9.17) is 0 Å². The molecule has 2 aromatic heterocycles. The summed E-state index contributed by atoms with van der Waals surface area (Å²) in [6, 6.07) is 22.1. The summed E-state index contributed by atoms with van der Waals surface area (Å²) in [7, 11) is 0. The SMILES string of the molecule is O=C(C=Cc1cn(-c2ccccc2)nc1-c1ccc(F)cc1)Nc1nnc(SCc2ccccc2F)s1. The van der Waals surface area contributed by atoms with E-state index < -0.39 is 0 Å². The first-order valence-electron chi connectivity index (χ1n) is 11.1. The van der Waals surface area contributed by atoms with Crippen molar-refractivity contribution in [2.24, 2.45) is 0 Å². The predicted molar refractivity (Wildman–Crippen MR) is 142 cm³/mol. The number of thioether (sulfide) groups is 1. The first-order chi connectivity index (χ1) is 18.0. The second kappa shape index (κ2) is 11.3. The number of nitrogens with zero attached hydrogens (tertiary/aromatic N) is 4. The third kappa shape index (κ3) is 6.16. The Hall–Kier alpha value is -4.15. The number of nitrogens with one attached hydrogen (secondary N) is 1. The van der Waals surface area contributed by atoms with Crippen molar-refractivity contribution in [3.63, 3.8) is 0 Å². The van der Waals surface area contributed by atoms with Crippen molar-refractivity contribution >= 4 is 40.2 Å². The number of hydrogen-bond donors (Lipinski definition) is 1. The smallest absolute Gasteiger partial charge is 0.250 e. The van der Waals surface area contributed by atoms with E-state index in [2.05, 4.69) is 20.6 Å². The summed E-state index contributed by atoms with van der Waals surface area (Å²) in [6.45, 7) is 0. The summed E-state index contributed by atoms with van der Waals surface area (Å²) < 4.78 is 29.6. The first kappa shape index (κ1) is 24.5. The molecular weight excluding hydrogens is 512 g/mol. The van der Waals surface area contributed by atoms with E-state index in [1.807, 2.05) is 30.3 Å². The number of anilines is 1. The number of para-hydroxylation sites is 1. The number of rotatable bonds is 8. The van der Waals surface area contributed by atoms with Gasteiger partial charge in [-0.3, -0.25) is 10.1 Å². The number of amides is 1. The minimum absolute atomic E-state index is 0.270. The van der Waals surface area contributed by atoms with Gasteiger partial charge < -0.3 is 0 Å². The number of hydrogen-bond acceptors (Lipinski definition) is 6. The maximum atomic E-state index is 13.8. The molecule has 0 fully saturated rings. The molecule has 5 rings (SSSR count). The minimum atomic E-state index is -0.390. The highest BCUT2D eigenvalue weighted by molar-refractivity contribution is 8.00. The van der Waals surface area contributed by atoms with E-state index in [-0.39, 0.29) is 17.5 Å². The molecule has 0 aliphatic heterocycles. The predicted octanol–water partition coefficient (Wildman–Crippen LogP) is 6.61. The Balaban J connectivity index is 1.30. The zero-order valence-electron chi connectivity index (χ0n) is 19.2. The number of carbonyl (C=O) groups excluding carboxylic acids is 1. The lowest BCUT2D eigenvalue weighted by Gasteiger charge is -2.00. The molecule has 0 unspecified atom stereocenters. The quantitative estimate of drug-likeness (QED) is 0.139. The molecule has 5 aromatic rings. The van der Waals surface area contributed by atoms with Crippen LogP contribution in [0.25, 0.3) is 23.0 Å². The van der Waals surface area contributed by atoms with Crippen LogP contribution in [0.5, 0.6) is 0 Å². The number of benzene rings is 3. The van der Waals surface area contributed by atoms with Crippen LogP contribution in [-0.4, -0.2) is 25.9 Å². The molecule has 0 bridgehead atoms. The Morgan fingerprint density at radius 1 is 0.973 bits per heavy atom. The Morgan fingerprint density at radius 3 is 2.51 bits per heavy atom. The zero-order valence-corrected chi connectivity index (χ0v) is 20.8. The number of carbonyl (C=O) groups is 1. The van der Waals surface area contributed by atoms with Crippen LogP contribution in [-0.2, 0) is 10.5 Å². The van der Waals surface area contributed by atoms with Crippen molar-refractivity contribution in [2.75, 3.05) is 5.32 Å². The Kier molecular flexibility index (Phi) is 7.48. The Morgan fingerprint density at radius 2 is 1.73 bits per heavy atom. The van der Waals surface area contributed by atoms with Crippen LogP contribution in [0.4, 0.5) is 13.9 Å². The van der Waals surface area contributed by atoms with Gasteiger partial charge in [-0.25, -0.2) is 13.5 Å². The van der Waals surface area contributed by atoms with Crippen molar-refractivity contribution < 1.29 is 13.6 Å². The average molecular weight is 532 g/mol. The molecule has 0 radical (unpaired) electrons. The van der Waals surface area contributed by atoms with Gasteiger partial charge in [0.1, 0.15) is 11.6 Å². The van der Waals surface area contributed by atoms with Gasteiger partial charge in [0.05, 0.1) is 11.4 Å². The van der Waals surface area contributed by atoms with Crippen LogP contribution < -0.4 is 5.32 Å². The van der Waals surface area contributed by atoms with E-state index in [1.165, 1.54) is 47.4 Å². The van der Waals surface area contributed by atoms with Gasteiger partial charge in [0.25, 0.3) is 0 Å². The topological polar surface area (TPSA) is 72.7 Å². The lowest BCUT2D eigenvalue weighted by Crippen LogP contribution is -2.07. The van der Waals surface area contributed by atoms with Gasteiger partial charge in [-0.1, -0.05) is 59.5 Å². The van der Waals surface area contributed by atoms with Crippen LogP contribution in [0.3, 0.4) is 0 Å². The van der Waals surface area contributed by atoms with Gasteiger partial charge in [0.15, 0.2) is 4.34 Å². The van der Waals surface area contributed by atoms with Gasteiger partial charge in [-0.2, -0.15) is 5.10 Å². The van der Waals surface area contributed by atoms with E-state index >= 15 is 0 Å². The Bertz CT molecular complexity index is 1550. The molecular formula is C27H19F2N5OS2. The minimum Gasteiger partial charge on any atom is -0.297 e. The van der Waals surface area contributed by atoms with E-state index in [0.717, 1.165) is 11.3 Å². The van der Waals surface area contributed by atoms with Crippen molar-refractivity contribution in [3.8, 4) is 16.9 Å².